The molecule has 0 bridgehead atoms. The topological polar surface area (TPSA) is 59.3 Å². The molecule has 1 aliphatic carbocycles. The van der Waals surface area contributed by atoms with Crippen molar-refractivity contribution in [1.29, 1.82) is 5.26 Å². The van der Waals surface area contributed by atoms with Crippen LogP contribution >= 0.6 is 0 Å². The molecule has 2 aromatic carbocycles. The fourth-order valence-corrected chi connectivity index (χ4v) is 3.72. The Labute approximate surface area is 169 Å². The van der Waals surface area contributed by atoms with Crippen LogP contribution in [-0.4, -0.2) is 19.2 Å². The van der Waals surface area contributed by atoms with Gasteiger partial charge in [0.2, 0.25) is 0 Å². The van der Waals surface area contributed by atoms with Gasteiger partial charge in [-0.2, -0.15) is 5.26 Å². The lowest BCUT2D eigenvalue weighted by Crippen LogP contribution is -2.18. The predicted molar refractivity (Wildman–Crippen MR) is 104 cm³/mol. The third-order valence-corrected chi connectivity index (χ3v) is 5.36. The molecule has 0 amide bonds. The normalized spacial score (nSPS) is 18.8. The smallest absolute Gasteiger partial charge is 0.343 e. The molecule has 0 aliphatic heterocycles. The van der Waals surface area contributed by atoms with E-state index in [1.165, 1.54) is 11.6 Å². The van der Waals surface area contributed by atoms with Crippen LogP contribution in [0.1, 0.15) is 60.0 Å². The molecule has 0 radical (unpaired) electrons. The maximum Gasteiger partial charge on any atom is 0.343 e. The summed E-state index contributed by atoms with van der Waals surface area (Å²) in [6.07, 6.45) is 4.44. The molecular weight excluding hydrogens is 376 g/mol. The maximum absolute atomic E-state index is 13.7. The van der Waals surface area contributed by atoms with Gasteiger partial charge in [-0.25, -0.2) is 13.6 Å². The highest BCUT2D eigenvalue weighted by molar-refractivity contribution is 5.91. The van der Waals surface area contributed by atoms with E-state index in [1.807, 2.05) is 19.1 Å². The summed E-state index contributed by atoms with van der Waals surface area (Å²) < 4.78 is 37.9. The van der Waals surface area contributed by atoms with Crippen LogP contribution in [0.5, 0.6) is 5.75 Å². The molecule has 0 heterocycles. The molecule has 0 unspecified atom stereocenters. The average Bonchev–Trinajstić information content (AvgIpc) is 2.72. The molecule has 2 aromatic rings. The second kappa shape index (κ2) is 9.62. The Hall–Kier alpha value is -2.78. The highest BCUT2D eigenvalue weighted by Gasteiger charge is 2.23. The number of hydrogen-bond acceptors (Lipinski definition) is 4. The molecule has 1 fully saturated rings. The average molecular weight is 399 g/mol. The summed E-state index contributed by atoms with van der Waals surface area (Å²) in [6.45, 7) is 3.58. The minimum atomic E-state index is -1.06. The van der Waals surface area contributed by atoms with Crippen LogP contribution in [0, 0.1) is 28.9 Å². The highest BCUT2D eigenvalue weighted by Crippen LogP contribution is 2.36. The van der Waals surface area contributed by atoms with Gasteiger partial charge < -0.3 is 9.47 Å². The van der Waals surface area contributed by atoms with Crippen LogP contribution in [0.4, 0.5) is 8.78 Å². The molecule has 1 aliphatic rings. The summed E-state index contributed by atoms with van der Waals surface area (Å²) in [5, 5.41) is 8.69. The summed E-state index contributed by atoms with van der Waals surface area (Å²) in [6, 6.07) is 10.2. The van der Waals surface area contributed by atoms with E-state index >= 15 is 0 Å². The molecule has 29 heavy (non-hydrogen) atoms. The van der Waals surface area contributed by atoms with Gasteiger partial charge in [0.05, 0.1) is 5.56 Å². The third-order valence-electron chi connectivity index (χ3n) is 5.36. The summed E-state index contributed by atoms with van der Waals surface area (Å²) in [7, 11) is 0. The van der Waals surface area contributed by atoms with Crippen LogP contribution in [0.15, 0.2) is 36.4 Å². The lowest BCUT2D eigenvalue weighted by molar-refractivity contribution is 0.0733. The van der Waals surface area contributed by atoms with Crippen molar-refractivity contribution in [2.24, 2.45) is 5.92 Å². The van der Waals surface area contributed by atoms with Crippen molar-refractivity contribution in [3.8, 4) is 11.8 Å². The number of benzene rings is 2. The van der Waals surface area contributed by atoms with E-state index in [-0.39, 0.29) is 5.75 Å². The SMILES string of the molecule is CCOC[C@H]1CC[C@H](c2ccc(C(=O)Oc3cc(F)c(C#N)c(F)c3)cc2)CC1. The number of carbonyl (C=O) groups excluding carboxylic acids is 1. The predicted octanol–water partition coefficient (Wildman–Crippen LogP) is 5.37. The van der Waals surface area contributed by atoms with Crippen molar-refractivity contribution in [2.75, 3.05) is 13.2 Å². The number of nitrogens with zero attached hydrogens (tertiary/aromatic N) is 1. The van der Waals surface area contributed by atoms with Gasteiger partial charge in [-0.3, -0.25) is 0 Å². The summed E-state index contributed by atoms with van der Waals surface area (Å²) in [5.41, 5.74) is 0.765. The molecule has 0 aromatic heterocycles. The quantitative estimate of drug-likeness (QED) is 0.484. The van der Waals surface area contributed by atoms with Gasteiger partial charge in [0.15, 0.2) is 0 Å². The summed E-state index contributed by atoms with van der Waals surface area (Å²) >= 11 is 0. The number of halogens is 2. The van der Waals surface area contributed by atoms with Gasteiger partial charge in [-0.05, 0) is 62.1 Å². The maximum atomic E-state index is 13.7. The van der Waals surface area contributed by atoms with Crippen molar-refractivity contribution in [1.82, 2.24) is 0 Å². The Morgan fingerprint density at radius 1 is 1.10 bits per heavy atom. The van der Waals surface area contributed by atoms with Gasteiger partial charge in [0.1, 0.15) is 29.0 Å². The Balaban J connectivity index is 1.60. The van der Waals surface area contributed by atoms with Crippen LogP contribution in [-0.2, 0) is 4.74 Å². The zero-order chi connectivity index (χ0) is 20.8. The van der Waals surface area contributed by atoms with Crippen molar-refractivity contribution in [2.45, 2.75) is 38.5 Å². The van der Waals surface area contributed by atoms with Crippen molar-refractivity contribution >= 4 is 5.97 Å². The van der Waals surface area contributed by atoms with Crippen molar-refractivity contribution < 1.29 is 23.0 Å². The standard InChI is InChI=1S/C23H23F2NO3/c1-2-28-14-15-3-5-16(6-4-15)17-7-9-18(10-8-17)23(27)29-19-11-21(24)20(13-26)22(25)12-19/h7-12,15-16H,2-6,14H2,1H3/t15-,16-. The molecule has 0 N–H and O–H groups in total. The second-order valence-corrected chi connectivity index (χ2v) is 7.26. The fraction of sp³-hybridized carbons (Fsp3) is 0.391. The van der Waals surface area contributed by atoms with Gasteiger partial charge in [-0.1, -0.05) is 12.1 Å². The molecule has 152 valence electrons. The van der Waals surface area contributed by atoms with E-state index in [2.05, 4.69) is 0 Å². The number of ether oxygens (including phenoxy) is 2. The Morgan fingerprint density at radius 2 is 1.72 bits per heavy atom. The monoisotopic (exact) mass is 399 g/mol. The Kier molecular flexibility index (Phi) is 6.95. The van der Waals surface area contributed by atoms with Gasteiger partial charge in [-0.15, -0.1) is 0 Å². The minimum Gasteiger partial charge on any atom is -0.423 e. The zero-order valence-electron chi connectivity index (χ0n) is 16.3. The number of rotatable bonds is 6. The molecular formula is C23H23F2NO3. The van der Waals surface area contributed by atoms with E-state index < -0.39 is 23.2 Å². The van der Waals surface area contributed by atoms with Gasteiger partial charge in [0, 0.05) is 25.3 Å². The Bertz CT molecular complexity index is 874. The first-order valence-electron chi connectivity index (χ1n) is 9.80. The van der Waals surface area contributed by atoms with E-state index in [1.54, 1.807) is 12.1 Å². The van der Waals surface area contributed by atoms with Crippen LogP contribution in [0.2, 0.25) is 0 Å². The van der Waals surface area contributed by atoms with Crippen LogP contribution in [0.25, 0.3) is 0 Å². The second-order valence-electron chi connectivity index (χ2n) is 7.26. The van der Waals surface area contributed by atoms with E-state index in [4.69, 9.17) is 14.7 Å². The molecule has 1 saturated carbocycles. The largest absolute Gasteiger partial charge is 0.423 e. The third kappa shape index (κ3) is 5.18. The van der Waals surface area contributed by atoms with Crippen molar-refractivity contribution in [3.05, 3.63) is 64.7 Å². The van der Waals surface area contributed by atoms with Crippen LogP contribution < -0.4 is 4.74 Å². The molecule has 3 rings (SSSR count). The van der Waals surface area contributed by atoms with Crippen LogP contribution in [0.3, 0.4) is 0 Å². The number of nitriles is 1. The Morgan fingerprint density at radius 3 is 2.28 bits per heavy atom. The lowest BCUT2D eigenvalue weighted by Gasteiger charge is -2.28. The number of hydrogen-bond donors (Lipinski definition) is 0. The lowest BCUT2D eigenvalue weighted by atomic mass is 9.79. The van der Waals surface area contributed by atoms with Crippen molar-refractivity contribution in [3.63, 3.8) is 0 Å². The summed E-state index contributed by atoms with van der Waals surface area (Å²) in [4.78, 5) is 12.3. The van der Waals surface area contributed by atoms with E-state index in [0.29, 0.717) is 17.4 Å². The highest BCUT2D eigenvalue weighted by atomic mass is 19.1. The van der Waals surface area contributed by atoms with Gasteiger partial charge >= 0.3 is 5.97 Å². The summed E-state index contributed by atoms with van der Waals surface area (Å²) in [5.74, 6) is -2.04. The molecule has 0 saturated heterocycles. The molecule has 0 spiro atoms. The molecule has 4 nitrogen and oxygen atoms in total. The minimum absolute atomic E-state index is 0.277. The first-order chi connectivity index (χ1) is 14.0. The van der Waals surface area contributed by atoms with E-state index in [0.717, 1.165) is 51.0 Å². The first kappa shape index (κ1) is 20.9. The fourth-order valence-electron chi connectivity index (χ4n) is 3.72. The first-order valence-corrected chi connectivity index (χ1v) is 9.80. The molecule has 6 heteroatoms. The van der Waals surface area contributed by atoms with E-state index in [9.17, 15) is 13.6 Å². The molecule has 0 atom stereocenters. The number of esters is 1. The zero-order valence-corrected chi connectivity index (χ0v) is 16.3. The number of carbonyl (C=O) groups is 1. The van der Waals surface area contributed by atoms with Gasteiger partial charge in [0.25, 0.3) is 0 Å².